The van der Waals surface area contributed by atoms with Gasteiger partial charge in [-0.15, -0.1) is 0 Å². The molecule has 0 radical (unpaired) electrons. The molecule has 1 N–H and O–H groups in total. The van der Waals surface area contributed by atoms with Crippen LogP contribution >= 0.6 is 11.8 Å². The molecule has 124 valence electrons. The SMILES string of the molecule is CN=C1NC(=O)/C(=C/c2cc(C)n(-c3ccc(F)cc3F)c2C)S1. The van der Waals surface area contributed by atoms with Crippen LogP contribution < -0.4 is 5.32 Å². The fourth-order valence-corrected chi connectivity index (χ4v) is 3.41. The van der Waals surface area contributed by atoms with Gasteiger partial charge >= 0.3 is 0 Å². The van der Waals surface area contributed by atoms with E-state index in [4.69, 9.17) is 0 Å². The summed E-state index contributed by atoms with van der Waals surface area (Å²) < 4.78 is 28.9. The highest BCUT2D eigenvalue weighted by molar-refractivity contribution is 8.18. The number of amides is 1. The van der Waals surface area contributed by atoms with Crippen LogP contribution in [0.2, 0.25) is 0 Å². The Bertz CT molecular complexity index is 899. The zero-order valence-electron chi connectivity index (χ0n) is 13.4. The maximum absolute atomic E-state index is 14.1. The van der Waals surface area contributed by atoms with E-state index in [1.165, 1.54) is 23.9 Å². The monoisotopic (exact) mass is 347 g/mol. The van der Waals surface area contributed by atoms with Crippen LogP contribution in [0.4, 0.5) is 8.78 Å². The molecule has 7 heteroatoms. The Hall–Kier alpha value is -2.41. The molecular weight excluding hydrogens is 332 g/mol. The van der Waals surface area contributed by atoms with Gasteiger partial charge in [0.05, 0.1) is 10.6 Å². The number of nitrogens with one attached hydrogen (secondary N) is 1. The van der Waals surface area contributed by atoms with Crippen molar-refractivity contribution >= 4 is 28.9 Å². The van der Waals surface area contributed by atoms with Gasteiger partial charge in [0.1, 0.15) is 11.6 Å². The Morgan fingerprint density at radius 1 is 1.25 bits per heavy atom. The Morgan fingerprint density at radius 3 is 2.62 bits per heavy atom. The number of carbonyl (C=O) groups is 1. The zero-order valence-corrected chi connectivity index (χ0v) is 14.2. The molecule has 0 spiro atoms. The van der Waals surface area contributed by atoms with Crippen molar-refractivity contribution in [2.75, 3.05) is 7.05 Å². The number of aromatic nitrogens is 1. The number of aryl methyl sites for hydroxylation is 1. The third-order valence-corrected chi connectivity index (χ3v) is 4.76. The molecule has 1 aliphatic heterocycles. The van der Waals surface area contributed by atoms with Gasteiger partial charge in [-0.25, -0.2) is 8.78 Å². The Kier molecular flexibility index (Phi) is 4.28. The number of nitrogens with zero attached hydrogens (tertiary/aromatic N) is 2. The molecule has 0 unspecified atom stereocenters. The van der Waals surface area contributed by atoms with Gasteiger partial charge < -0.3 is 9.88 Å². The first-order chi connectivity index (χ1) is 11.4. The number of amidine groups is 1. The molecule has 1 aromatic carbocycles. The first kappa shape index (κ1) is 16.4. The number of halogens is 2. The average Bonchev–Trinajstić information content (AvgIpc) is 3.01. The average molecular weight is 347 g/mol. The first-order valence-corrected chi connectivity index (χ1v) is 8.04. The highest BCUT2D eigenvalue weighted by atomic mass is 32.2. The summed E-state index contributed by atoms with van der Waals surface area (Å²) in [5, 5.41) is 3.21. The number of thioether (sulfide) groups is 1. The maximum Gasteiger partial charge on any atom is 0.264 e. The van der Waals surface area contributed by atoms with Crippen LogP contribution in [0.1, 0.15) is 17.0 Å². The molecule has 1 saturated heterocycles. The predicted molar refractivity (Wildman–Crippen MR) is 92.2 cm³/mol. The van der Waals surface area contributed by atoms with Crippen molar-refractivity contribution in [3.05, 3.63) is 57.8 Å². The summed E-state index contributed by atoms with van der Waals surface area (Å²) in [6.45, 7) is 3.66. The van der Waals surface area contributed by atoms with Crippen molar-refractivity contribution < 1.29 is 13.6 Å². The summed E-state index contributed by atoms with van der Waals surface area (Å²) in [5.41, 5.74) is 2.63. The van der Waals surface area contributed by atoms with Gasteiger partial charge in [-0.05, 0) is 55.4 Å². The van der Waals surface area contributed by atoms with Crippen LogP contribution in [-0.2, 0) is 4.79 Å². The summed E-state index contributed by atoms with van der Waals surface area (Å²) in [5.74, 6) is -1.46. The third kappa shape index (κ3) is 2.87. The fraction of sp³-hybridized carbons (Fsp3) is 0.176. The highest BCUT2D eigenvalue weighted by Gasteiger charge is 2.24. The second-order valence-electron chi connectivity index (χ2n) is 5.35. The molecule has 4 nitrogen and oxygen atoms in total. The summed E-state index contributed by atoms with van der Waals surface area (Å²) >= 11 is 1.26. The minimum absolute atomic E-state index is 0.210. The summed E-state index contributed by atoms with van der Waals surface area (Å²) in [7, 11) is 1.61. The highest BCUT2D eigenvalue weighted by Crippen LogP contribution is 2.29. The molecule has 0 atom stereocenters. The Balaban J connectivity index is 2.06. The van der Waals surface area contributed by atoms with E-state index >= 15 is 0 Å². The third-order valence-electron chi connectivity index (χ3n) is 3.76. The number of rotatable bonds is 2. The Labute approximate surface area is 142 Å². The van der Waals surface area contributed by atoms with Crippen molar-refractivity contribution in [1.82, 2.24) is 9.88 Å². The van der Waals surface area contributed by atoms with Gasteiger partial charge in [0.15, 0.2) is 5.17 Å². The standard InChI is InChI=1S/C17H15F2N3OS/c1-9-6-11(7-15-16(23)21-17(20-3)24-15)10(2)22(9)14-5-4-12(18)8-13(14)19/h4-8H,1-3H3,(H,20,21,23)/b15-7-. The molecule has 0 aliphatic carbocycles. The molecular formula is C17H15F2N3OS. The van der Waals surface area contributed by atoms with Gasteiger partial charge in [0.2, 0.25) is 0 Å². The maximum atomic E-state index is 14.1. The summed E-state index contributed by atoms with van der Waals surface area (Å²) in [6, 6.07) is 5.34. The van der Waals surface area contributed by atoms with Crippen LogP contribution in [-0.4, -0.2) is 22.7 Å². The topological polar surface area (TPSA) is 46.4 Å². The van der Waals surface area contributed by atoms with Crippen molar-refractivity contribution in [2.24, 2.45) is 4.99 Å². The fourth-order valence-electron chi connectivity index (χ4n) is 2.64. The van der Waals surface area contributed by atoms with Crippen LogP contribution in [0, 0.1) is 25.5 Å². The minimum atomic E-state index is -0.635. The van der Waals surface area contributed by atoms with Crippen molar-refractivity contribution in [1.29, 1.82) is 0 Å². The van der Waals surface area contributed by atoms with Gasteiger partial charge in [-0.1, -0.05) is 0 Å². The second kappa shape index (κ2) is 6.24. The summed E-state index contributed by atoms with van der Waals surface area (Å²) in [4.78, 5) is 16.4. The molecule has 2 heterocycles. The molecule has 1 fully saturated rings. The number of carbonyl (C=O) groups excluding carboxylic acids is 1. The van der Waals surface area contributed by atoms with E-state index in [1.807, 2.05) is 19.9 Å². The van der Waals surface area contributed by atoms with Crippen LogP contribution in [0.3, 0.4) is 0 Å². The molecule has 1 aliphatic rings. The van der Waals surface area contributed by atoms with Crippen molar-refractivity contribution in [2.45, 2.75) is 13.8 Å². The largest absolute Gasteiger partial charge is 0.315 e. The smallest absolute Gasteiger partial charge is 0.264 e. The number of benzene rings is 1. The lowest BCUT2D eigenvalue weighted by Gasteiger charge is -2.10. The van der Waals surface area contributed by atoms with E-state index < -0.39 is 11.6 Å². The van der Waals surface area contributed by atoms with Gasteiger partial charge in [0, 0.05) is 24.5 Å². The van der Waals surface area contributed by atoms with Crippen molar-refractivity contribution in [3.8, 4) is 5.69 Å². The van der Waals surface area contributed by atoms with E-state index in [2.05, 4.69) is 10.3 Å². The zero-order chi connectivity index (χ0) is 17.4. The van der Waals surface area contributed by atoms with E-state index in [9.17, 15) is 13.6 Å². The molecule has 1 aromatic heterocycles. The van der Waals surface area contributed by atoms with Gasteiger partial charge in [-0.2, -0.15) is 0 Å². The Morgan fingerprint density at radius 2 is 2.00 bits per heavy atom. The molecule has 0 bridgehead atoms. The summed E-state index contributed by atoms with van der Waals surface area (Å²) in [6.07, 6.45) is 1.75. The first-order valence-electron chi connectivity index (χ1n) is 7.22. The lowest BCUT2D eigenvalue weighted by Crippen LogP contribution is -2.19. The lowest BCUT2D eigenvalue weighted by atomic mass is 10.2. The van der Waals surface area contributed by atoms with Gasteiger partial charge in [0.25, 0.3) is 5.91 Å². The van der Waals surface area contributed by atoms with E-state index in [0.717, 1.165) is 23.0 Å². The van der Waals surface area contributed by atoms with Crippen LogP contribution in [0.25, 0.3) is 11.8 Å². The van der Waals surface area contributed by atoms with Crippen molar-refractivity contribution in [3.63, 3.8) is 0 Å². The van der Waals surface area contributed by atoms with E-state index in [-0.39, 0.29) is 11.6 Å². The van der Waals surface area contributed by atoms with Gasteiger partial charge in [-0.3, -0.25) is 9.79 Å². The quantitative estimate of drug-likeness (QED) is 0.845. The number of aliphatic imine (C=N–C) groups is 1. The molecule has 24 heavy (non-hydrogen) atoms. The molecule has 0 saturated carbocycles. The molecule has 1 amide bonds. The van der Waals surface area contributed by atoms with Crippen LogP contribution in [0.15, 0.2) is 34.2 Å². The number of hydrogen-bond donors (Lipinski definition) is 1. The predicted octanol–water partition coefficient (Wildman–Crippen LogP) is 3.56. The molecule has 3 rings (SSSR count). The van der Waals surface area contributed by atoms with Crippen LogP contribution in [0.5, 0.6) is 0 Å². The van der Waals surface area contributed by atoms with E-state index in [1.54, 1.807) is 17.7 Å². The normalized spacial score (nSPS) is 17.8. The van der Waals surface area contributed by atoms with E-state index in [0.29, 0.717) is 10.1 Å². The number of hydrogen-bond acceptors (Lipinski definition) is 3. The second-order valence-corrected chi connectivity index (χ2v) is 6.38. The molecule has 2 aromatic rings. The lowest BCUT2D eigenvalue weighted by molar-refractivity contribution is -0.115. The minimum Gasteiger partial charge on any atom is -0.315 e.